The van der Waals surface area contributed by atoms with Gasteiger partial charge in [0.1, 0.15) is 0 Å². The van der Waals surface area contributed by atoms with Crippen LogP contribution in [0.3, 0.4) is 0 Å². The predicted octanol–water partition coefficient (Wildman–Crippen LogP) is 1.64. The Morgan fingerprint density at radius 3 is 2.57 bits per heavy atom. The monoisotopic (exact) mass is 197 g/mol. The number of carbonyl (C=O) groups is 1. The summed E-state index contributed by atoms with van der Waals surface area (Å²) in [4.78, 5) is 11.1. The molecule has 0 saturated carbocycles. The lowest BCUT2D eigenvalue weighted by atomic mass is 9.96. The van der Waals surface area contributed by atoms with Crippen LogP contribution >= 0.6 is 0 Å². The molecule has 0 bridgehead atoms. The fourth-order valence-electron chi connectivity index (χ4n) is 0.782. The minimum absolute atomic E-state index is 0.193. The van der Waals surface area contributed by atoms with Gasteiger partial charge in [-0.3, -0.25) is 0 Å². The van der Waals surface area contributed by atoms with Gasteiger partial charge in [0.2, 0.25) is 0 Å². The Hall–Kier alpha value is -1.24. The van der Waals surface area contributed by atoms with Gasteiger partial charge in [0.05, 0.1) is 11.5 Å². The third-order valence-electron chi connectivity index (χ3n) is 1.81. The van der Waals surface area contributed by atoms with Crippen molar-refractivity contribution in [2.45, 2.75) is 33.6 Å². The molecule has 0 spiro atoms. The molecular weight excluding hydrogens is 178 g/mol. The molecule has 0 saturated heterocycles. The quantitative estimate of drug-likeness (QED) is 0.658. The first-order valence-electron chi connectivity index (χ1n) is 4.95. The largest absolute Gasteiger partial charge is 0.338 e. The van der Waals surface area contributed by atoms with Crippen molar-refractivity contribution in [2.24, 2.45) is 5.41 Å². The summed E-state index contributed by atoms with van der Waals surface area (Å²) in [5, 5.41) is 14.1. The average Bonchev–Trinajstić information content (AvgIpc) is 2.16. The van der Waals surface area contributed by atoms with E-state index in [4.69, 9.17) is 5.26 Å². The Morgan fingerprint density at radius 1 is 1.43 bits per heavy atom. The number of carbonyl (C=O) groups excluding carboxylic acids is 1. The van der Waals surface area contributed by atoms with E-state index in [0.717, 1.165) is 12.8 Å². The van der Waals surface area contributed by atoms with E-state index in [1.54, 1.807) is 13.8 Å². The molecule has 2 N–H and O–H groups in total. The summed E-state index contributed by atoms with van der Waals surface area (Å²) < 4.78 is 0. The summed E-state index contributed by atoms with van der Waals surface area (Å²) >= 11 is 0. The second-order valence-corrected chi connectivity index (χ2v) is 3.96. The van der Waals surface area contributed by atoms with Crippen molar-refractivity contribution < 1.29 is 4.79 Å². The van der Waals surface area contributed by atoms with E-state index in [1.807, 2.05) is 0 Å². The van der Waals surface area contributed by atoms with Gasteiger partial charge >= 0.3 is 6.03 Å². The van der Waals surface area contributed by atoms with Crippen molar-refractivity contribution in [1.29, 1.82) is 5.26 Å². The molecule has 0 fully saturated rings. The zero-order valence-electron chi connectivity index (χ0n) is 9.18. The second-order valence-electron chi connectivity index (χ2n) is 3.96. The Kier molecular flexibility index (Phi) is 5.70. The van der Waals surface area contributed by atoms with E-state index < -0.39 is 5.41 Å². The van der Waals surface area contributed by atoms with Gasteiger partial charge in [-0.2, -0.15) is 5.26 Å². The van der Waals surface area contributed by atoms with Crippen molar-refractivity contribution in [3.05, 3.63) is 0 Å². The highest BCUT2D eigenvalue weighted by atomic mass is 16.2. The van der Waals surface area contributed by atoms with Crippen molar-refractivity contribution in [3.63, 3.8) is 0 Å². The maximum atomic E-state index is 11.1. The molecule has 0 aliphatic carbocycles. The minimum atomic E-state index is -0.498. The minimum Gasteiger partial charge on any atom is -0.338 e. The Balaban J connectivity index is 3.60. The van der Waals surface area contributed by atoms with Gasteiger partial charge < -0.3 is 10.6 Å². The Bertz CT molecular complexity index is 218. The maximum Gasteiger partial charge on any atom is 0.314 e. The van der Waals surface area contributed by atoms with E-state index in [2.05, 4.69) is 23.6 Å². The summed E-state index contributed by atoms with van der Waals surface area (Å²) in [5.74, 6) is 0. The first kappa shape index (κ1) is 12.8. The molecular formula is C10H19N3O. The third kappa shape index (κ3) is 6.30. The third-order valence-corrected chi connectivity index (χ3v) is 1.81. The number of rotatable bonds is 5. The van der Waals surface area contributed by atoms with E-state index in [0.29, 0.717) is 13.1 Å². The highest BCUT2D eigenvalue weighted by Gasteiger charge is 2.17. The lowest BCUT2D eigenvalue weighted by molar-refractivity contribution is 0.237. The summed E-state index contributed by atoms with van der Waals surface area (Å²) in [6, 6.07) is 1.93. The van der Waals surface area contributed by atoms with Crippen LogP contribution < -0.4 is 10.6 Å². The van der Waals surface area contributed by atoms with Gasteiger partial charge in [-0.05, 0) is 20.3 Å². The molecule has 80 valence electrons. The summed E-state index contributed by atoms with van der Waals surface area (Å²) in [5.41, 5.74) is -0.498. The number of nitrogens with one attached hydrogen (secondary N) is 2. The smallest absolute Gasteiger partial charge is 0.314 e. The van der Waals surface area contributed by atoms with Crippen LogP contribution in [-0.4, -0.2) is 19.1 Å². The molecule has 0 aromatic carbocycles. The summed E-state index contributed by atoms with van der Waals surface area (Å²) in [7, 11) is 0. The van der Waals surface area contributed by atoms with Crippen LogP contribution in [0.4, 0.5) is 4.79 Å². The van der Waals surface area contributed by atoms with E-state index in [1.165, 1.54) is 0 Å². The molecule has 0 atom stereocenters. The lowest BCUT2D eigenvalue weighted by Gasteiger charge is -2.15. The highest BCUT2D eigenvalue weighted by molar-refractivity contribution is 5.73. The Morgan fingerprint density at radius 2 is 2.07 bits per heavy atom. The van der Waals surface area contributed by atoms with Crippen LogP contribution in [0.25, 0.3) is 0 Å². The second kappa shape index (κ2) is 6.25. The predicted molar refractivity (Wildman–Crippen MR) is 55.7 cm³/mol. The van der Waals surface area contributed by atoms with Gasteiger partial charge in [0.25, 0.3) is 0 Å². The van der Waals surface area contributed by atoms with Gasteiger partial charge in [-0.15, -0.1) is 0 Å². The molecule has 0 radical (unpaired) electrons. The standard InChI is InChI=1S/C10H19N3O/c1-4-5-6-12-9(14)13-8-10(2,3)7-11/h4-6,8H2,1-3H3,(H2,12,13,14). The number of hydrogen-bond donors (Lipinski definition) is 2. The highest BCUT2D eigenvalue weighted by Crippen LogP contribution is 2.09. The molecule has 0 rings (SSSR count). The van der Waals surface area contributed by atoms with Gasteiger partial charge in [-0.25, -0.2) is 4.79 Å². The SMILES string of the molecule is CCCCNC(=O)NCC(C)(C)C#N. The van der Waals surface area contributed by atoms with Crippen LogP contribution in [-0.2, 0) is 0 Å². The fourth-order valence-corrected chi connectivity index (χ4v) is 0.782. The number of nitriles is 1. The summed E-state index contributed by atoms with van der Waals surface area (Å²) in [6.45, 7) is 6.72. The van der Waals surface area contributed by atoms with Crippen molar-refractivity contribution >= 4 is 6.03 Å². The molecule has 0 aromatic heterocycles. The van der Waals surface area contributed by atoms with Crippen LogP contribution in [0.2, 0.25) is 0 Å². The molecule has 0 aliphatic heterocycles. The normalized spacial score (nSPS) is 10.4. The zero-order valence-corrected chi connectivity index (χ0v) is 9.18. The topological polar surface area (TPSA) is 64.9 Å². The number of nitrogens with zero attached hydrogens (tertiary/aromatic N) is 1. The first-order valence-corrected chi connectivity index (χ1v) is 4.95. The number of unbranched alkanes of at least 4 members (excludes halogenated alkanes) is 1. The van der Waals surface area contributed by atoms with E-state index in [-0.39, 0.29) is 6.03 Å². The van der Waals surface area contributed by atoms with Crippen molar-refractivity contribution in [2.75, 3.05) is 13.1 Å². The van der Waals surface area contributed by atoms with E-state index >= 15 is 0 Å². The molecule has 0 unspecified atom stereocenters. The van der Waals surface area contributed by atoms with Crippen LogP contribution in [0, 0.1) is 16.7 Å². The Labute approximate surface area is 85.7 Å². The molecule has 4 nitrogen and oxygen atoms in total. The van der Waals surface area contributed by atoms with Gasteiger partial charge in [0.15, 0.2) is 0 Å². The van der Waals surface area contributed by atoms with Crippen LogP contribution in [0.15, 0.2) is 0 Å². The van der Waals surface area contributed by atoms with Crippen LogP contribution in [0.5, 0.6) is 0 Å². The molecule has 2 amide bonds. The lowest BCUT2D eigenvalue weighted by Crippen LogP contribution is -2.40. The van der Waals surface area contributed by atoms with Crippen molar-refractivity contribution in [3.8, 4) is 6.07 Å². The number of amides is 2. The van der Waals surface area contributed by atoms with Gasteiger partial charge in [0, 0.05) is 13.1 Å². The maximum absolute atomic E-state index is 11.1. The fraction of sp³-hybridized carbons (Fsp3) is 0.800. The van der Waals surface area contributed by atoms with Crippen LogP contribution in [0.1, 0.15) is 33.6 Å². The average molecular weight is 197 g/mol. The zero-order chi connectivity index (χ0) is 11.0. The molecule has 4 heteroatoms. The number of hydrogen-bond acceptors (Lipinski definition) is 2. The van der Waals surface area contributed by atoms with Gasteiger partial charge in [-0.1, -0.05) is 13.3 Å². The molecule has 0 aromatic rings. The number of urea groups is 1. The molecule has 0 aliphatic rings. The summed E-state index contributed by atoms with van der Waals surface area (Å²) in [6.07, 6.45) is 2.04. The first-order chi connectivity index (χ1) is 6.52. The molecule has 14 heavy (non-hydrogen) atoms. The van der Waals surface area contributed by atoms with E-state index in [9.17, 15) is 4.79 Å². The molecule has 0 heterocycles. The van der Waals surface area contributed by atoms with Crippen molar-refractivity contribution in [1.82, 2.24) is 10.6 Å².